The van der Waals surface area contributed by atoms with Gasteiger partial charge in [-0.15, -0.1) is 0 Å². The largest absolute Gasteiger partial charge is 0.346 e. The van der Waals surface area contributed by atoms with Gasteiger partial charge >= 0.3 is 0 Å². The Morgan fingerprint density at radius 3 is 2.35 bits per heavy atom. The zero-order valence-corrected chi connectivity index (χ0v) is 18.2. The third kappa shape index (κ3) is 5.53. The highest BCUT2D eigenvalue weighted by Crippen LogP contribution is 2.32. The molecule has 1 saturated heterocycles. The fourth-order valence-corrected chi connectivity index (χ4v) is 5.03. The van der Waals surface area contributed by atoms with Crippen molar-refractivity contribution in [3.05, 3.63) is 71.8 Å². The minimum atomic E-state index is -0.440. The van der Waals surface area contributed by atoms with E-state index in [2.05, 4.69) is 27.7 Å². The van der Waals surface area contributed by atoms with Crippen molar-refractivity contribution in [2.24, 2.45) is 0 Å². The summed E-state index contributed by atoms with van der Waals surface area (Å²) in [5, 5.41) is 6.72. The molecule has 164 valence electrons. The molecule has 2 aromatic carbocycles. The molecule has 31 heavy (non-hydrogen) atoms. The van der Waals surface area contributed by atoms with E-state index in [1.54, 1.807) is 0 Å². The van der Waals surface area contributed by atoms with Crippen LogP contribution in [0.3, 0.4) is 0 Å². The molecular formula is C26H33N3O2. The summed E-state index contributed by atoms with van der Waals surface area (Å²) in [6.45, 7) is 2.35. The third-order valence-corrected chi connectivity index (χ3v) is 6.70. The van der Waals surface area contributed by atoms with Crippen LogP contribution in [0.2, 0.25) is 0 Å². The summed E-state index contributed by atoms with van der Waals surface area (Å²) in [5.41, 5.74) is 1.47. The monoisotopic (exact) mass is 419 g/mol. The number of benzene rings is 2. The van der Waals surface area contributed by atoms with Crippen molar-refractivity contribution in [3.8, 4) is 0 Å². The molecule has 1 saturated carbocycles. The van der Waals surface area contributed by atoms with E-state index >= 15 is 0 Å². The van der Waals surface area contributed by atoms with Crippen LogP contribution in [-0.2, 0) is 11.2 Å². The van der Waals surface area contributed by atoms with Gasteiger partial charge in [-0.2, -0.15) is 0 Å². The predicted molar refractivity (Wildman–Crippen MR) is 123 cm³/mol. The number of piperazine rings is 1. The van der Waals surface area contributed by atoms with Gasteiger partial charge in [0.1, 0.15) is 0 Å². The van der Waals surface area contributed by atoms with E-state index < -0.39 is 5.54 Å². The molecule has 2 fully saturated rings. The molecule has 2 N–H and O–H groups in total. The number of carbonyl (C=O) groups is 2. The molecule has 0 aromatic heterocycles. The van der Waals surface area contributed by atoms with Crippen LogP contribution in [-0.4, -0.2) is 47.9 Å². The number of amides is 2. The topological polar surface area (TPSA) is 61.4 Å². The molecule has 1 aliphatic carbocycles. The first-order chi connectivity index (χ1) is 15.2. The van der Waals surface area contributed by atoms with Crippen LogP contribution in [0.1, 0.15) is 54.4 Å². The van der Waals surface area contributed by atoms with Crippen molar-refractivity contribution in [2.45, 2.75) is 56.5 Å². The lowest BCUT2D eigenvalue weighted by Gasteiger charge is -2.42. The maximum Gasteiger partial charge on any atom is 0.251 e. The van der Waals surface area contributed by atoms with E-state index in [-0.39, 0.29) is 17.9 Å². The van der Waals surface area contributed by atoms with Crippen LogP contribution in [0.15, 0.2) is 60.7 Å². The van der Waals surface area contributed by atoms with E-state index in [0.717, 1.165) is 51.7 Å². The third-order valence-electron chi connectivity index (χ3n) is 6.70. The van der Waals surface area contributed by atoms with Crippen LogP contribution in [0.4, 0.5) is 0 Å². The van der Waals surface area contributed by atoms with Crippen molar-refractivity contribution in [2.75, 3.05) is 19.6 Å². The first-order valence-electron chi connectivity index (χ1n) is 11.6. The molecule has 1 atom stereocenters. The van der Waals surface area contributed by atoms with Crippen LogP contribution in [0, 0.1) is 0 Å². The van der Waals surface area contributed by atoms with E-state index in [9.17, 15) is 9.59 Å². The Labute approximate surface area is 185 Å². The van der Waals surface area contributed by atoms with Gasteiger partial charge in [-0.05, 0) is 37.0 Å². The second-order valence-electron chi connectivity index (χ2n) is 8.97. The standard InChI is InChI=1S/C26H33N3O2/c30-24(29-17-16-27-20-23(29)18-21-10-4-1-5-11-21)19-26(14-8-3-9-15-26)28-25(31)22-12-6-2-7-13-22/h1-2,4-7,10-13,23,27H,3,8-9,14-20H2,(H,28,31)/t23-/m1/s1. The fraction of sp³-hybridized carbons (Fsp3) is 0.462. The first kappa shape index (κ1) is 21.6. The van der Waals surface area contributed by atoms with Gasteiger partial charge in [-0.25, -0.2) is 0 Å². The molecular weight excluding hydrogens is 386 g/mol. The number of rotatable bonds is 6. The maximum atomic E-state index is 13.5. The first-order valence-corrected chi connectivity index (χ1v) is 11.6. The molecule has 1 aliphatic heterocycles. The summed E-state index contributed by atoms with van der Waals surface area (Å²) in [6, 6.07) is 19.8. The molecule has 4 rings (SSSR count). The van der Waals surface area contributed by atoms with E-state index in [1.807, 2.05) is 48.5 Å². The van der Waals surface area contributed by atoms with Crippen LogP contribution in [0.25, 0.3) is 0 Å². The lowest BCUT2D eigenvalue weighted by Crippen LogP contribution is -2.58. The quantitative estimate of drug-likeness (QED) is 0.753. The van der Waals surface area contributed by atoms with E-state index in [0.29, 0.717) is 12.0 Å². The minimum absolute atomic E-state index is 0.0727. The normalized spacial score (nSPS) is 20.8. The smallest absolute Gasteiger partial charge is 0.251 e. The number of carbonyl (C=O) groups excluding carboxylic acids is 2. The predicted octanol–water partition coefficient (Wildman–Crippen LogP) is 3.55. The molecule has 0 bridgehead atoms. The van der Waals surface area contributed by atoms with Gasteiger partial charge in [0.15, 0.2) is 0 Å². The Morgan fingerprint density at radius 2 is 1.65 bits per heavy atom. The highest BCUT2D eigenvalue weighted by molar-refractivity contribution is 5.95. The van der Waals surface area contributed by atoms with Crippen LogP contribution < -0.4 is 10.6 Å². The van der Waals surface area contributed by atoms with Gasteiger partial charge < -0.3 is 15.5 Å². The maximum absolute atomic E-state index is 13.5. The second kappa shape index (κ2) is 10.1. The zero-order chi connectivity index (χ0) is 21.5. The van der Waals surface area contributed by atoms with Gasteiger partial charge in [-0.1, -0.05) is 67.8 Å². The lowest BCUT2D eigenvalue weighted by molar-refractivity contribution is -0.136. The van der Waals surface area contributed by atoms with Gasteiger partial charge in [-0.3, -0.25) is 9.59 Å². The van der Waals surface area contributed by atoms with Crippen LogP contribution >= 0.6 is 0 Å². The highest BCUT2D eigenvalue weighted by atomic mass is 16.2. The average molecular weight is 420 g/mol. The Kier molecular flexibility index (Phi) is 7.03. The molecule has 0 spiro atoms. The van der Waals surface area contributed by atoms with Gasteiger partial charge in [0.25, 0.3) is 5.91 Å². The number of hydrogen-bond acceptors (Lipinski definition) is 3. The molecule has 2 amide bonds. The SMILES string of the molecule is O=C(NC1(CC(=O)N2CCNC[C@H]2Cc2ccccc2)CCCCC1)c1ccccc1. The summed E-state index contributed by atoms with van der Waals surface area (Å²) in [4.78, 5) is 28.5. The van der Waals surface area contributed by atoms with Gasteiger partial charge in [0, 0.05) is 43.2 Å². The second-order valence-corrected chi connectivity index (χ2v) is 8.97. The average Bonchev–Trinajstić information content (AvgIpc) is 2.81. The number of nitrogens with zero attached hydrogens (tertiary/aromatic N) is 1. The van der Waals surface area contributed by atoms with Crippen molar-refractivity contribution >= 4 is 11.8 Å². The van der Waals surface area contributed by atoms with E-state index in [1.165, 1.54) is 12.0 Å². The Bertz CT molecular complexity index is 863. The Morgan fingerprint density at radius 1 is 0.968 bits per heavy atom. The van der Waals surface area contributed by atoms with Crippen molar-refractivity contribution in [1.82, 2.24) is 15.5 Å². The molecule has 1 heterocycles. The zero-order valence-electron chi connectivity index (χ0n) is 18.2. The fourth-order valence-electron chi connectivity index (χ4n) is 5.03. The molecule has 0 radical (unpaired) electrons. The highest BCUT2D eigenvalue weighted by Gasteiger charge is 2.38. The van der Waals surface area contributed by atoms with Gasteiger partial charge in [0.05, 0.1) is 0 Å². The molecule has 5 nitrogen and oxygen atoms in total. The molecule has 5 heteroatoms. The Balaban J connectivity index is 1.47. The number of hydrogen-bond donors (Lipinski definition) is 2. The Hall–Kier alpha value is -2.66. The molecule has 0 unspecified atom stereocenters. The van der Waals surface area contributed by atoms with Crippen molar-refractivity contribution in [3.63, 3.8) is 0 Å². The summed E-state index contributed by atoms with van der Waals surface area (Å²) in [7, 11) is 0. The minimum Gasteiger partial charge on any atom is -0.346 e. The van der Waals surface area contributed by atoms with Crippen molar-refractivity contribution < 1.29 is 9.59 Å². The summed E-state index contributed by atoms with van der Waals surface area (Å²) in [5.74, 6) is 0.0918. The van der Waals surface area contributed by atoms with Crippen molar-refractivity contribution in [1.29, 1.82) is 0 Å². The van der Waals surface area contributed by atoms with E-state index in [4.69, 9.17) is 0 Å². The van der Waals surface area contributed by atoms with Crippen LogP contribution in [0.5, 0.6) is 0 Å². The molecule has 2 aromatic rings. The summed E-state index contributed by atoms with van der Waals surface area (Å²) < 4.78 is 0. The molecule has 2 aliphatic rings. The summed E-state index contributed by atoms with van der Waals surface area (Å²) >= 11 is 0. The number of nitrogens with one attached hydrogen (secondary N) is 2. The summed E-state index contributed by atoms with van der Waals surface area (Å²) in [6.07, 6.45) is 6.25. The van der Waals surface area contributed by atoms with Gasteiger partial charge in [0.2, 0.25) is 5.91 Å². The lowest BCUT2D eigenvalue weighted by atomic mass is 9.78.